The number of aliphatic hydroxyl groups excluding tert-OH is 1. The average Bonchev–Trinajstić information content (AvgIpc) is 3.07. The van der Waals surface area contributed by atoms with Gasteiger partial charge in [-0.3, -0.25) is 4.79 Å². The summed E-state index contributed by atoms with van der Waals surface area (Å²) in [7, 11) is 1.60. The van der Waals surface area contributed by atoms with E-state index in [1.165, 1.54) is 0 Å². The van der Waals surface area contributed by atoms with Gasteiger partial charge in [0.2, 0.25) is 5.91 Å². The smallest absolute Gasteiger partial charge is 0.228 e. The van der Waals surface area contributed by atoms with Crippen molar-refractivity contribution >= 4 is 17.2 Å². The number of aliphatic hydroxyl groups is 1. The summed E-state index contributed by atoms with van der Waals surface area (Å²) in [5.74, 6) is 0.437. The van der Waals surface area contributed by atoms with Gasteiger partial charge in [-0.2, -0.15) is 0 Å². The van der Waals surface area contributed by atoms with Gasteiger partial charge in [-0.25, -0.2) is 0 Å². The molecule has 0 bridgehead atoms. The van der Waals surface area contributed by atoms with E-state index in [2.05, 4.69) is 5.32 Å². The quantitative estimate of drug-likeness (QED) is 0.860. The molecule has 3 atom stereocenters. The van der Waals surface area contributed by atoms with Gasteiger partial charge in [-0.15, -0.1) is 11.3 Å². The van der Waals surface area contributed by atoms with E-state index in [0.717, 1.165) is 16.2 Å². The van der Waals surface area contributed by atoms with Crippen molar-refractivity contribution in [3.8, 4) is 5.75 Å². The zero-order chi connectivity index (χ0) is 16.1. The van der Waals surface area contributed by atoms with E-state index in [9.17, 15) is 9.90 Å². The van der Waals surface area contributed by atoms with E-state index in [1.807, 2.05) is 24.4 Å². The summed E-state index contributed by atoms with van der Waals surface area (Å²) >= 11 is 1.56. The Kier molecular flexibility index (Phi) is 5.57. The maximum atomic E-state index is 12.3. The normalized spacial score (nSPS) is 14.9. The molecule has 0 saturated heterocycles. The molecule has 2 aromatic rings. The second kappa shape index (κ2) is 7.42. The van der Waals surface area contributed by atoms with Crippen LogP contribution in [0.2, 0.25) is 0 Å². The van der Waals surface area contributed by atoms with Crippen molar-refractivity contribution in [3.63, 3.8) is 0 Å². The standard InChI is InChI=1S/C17H21NO3S/c1-11(15-5-4-10-22-15)17(20)18-12(2)16(19)13-6-8-14(21-3)9-7-13/h4-12,16,19H,1-3H3,(H,18,20). The number of thiophene rings is 1. The Labute approximate surface area is 134 Å². The molecule has 0 aliphatic heterocycles. The first kappa shape index (κ1) is 16.5. The highest BCUT2D eigenvalue weighted by atomic mass is 32.1. The fourth-order valence-corrected chi connectivity index (χ4v) is 2.97. The molecule has 0 saturated carbocycles. The number of amides is 1. The van der Waals surface area contributed by atoms with Crippen LogP contribution in [-0.2, 0) is 4.79 Å². The van der Waals surface area contributed by atoms with Gasteiger partial charge >= 0.3 is 0 Å². The van der Waals surface area contributed by atoms with Crippen molar-refractivity contribution in [2.24, 2.45) is 0 Å². The predicted molar refractivity (Wildman–Crippen MR) is 88.3 cm³/mol. The van der Waals surface area contributed by atoms with E-state index in [1.54, 1.807) is 49.6 Å². The molecule has 5 heteroatoms. The zero-order valence-corrected chi connectivity index (χ0v) is 13.8. The van der Waals surface area contributed by atoms with E-state index in [-0.39, 0.29) is 17.9 Å². The number of nitrogens with one attached hydrogen (secondary N) is 1. The lowest BCUT2D eigenvalue weighted by Crippen LogP contribution is -2.39. The fourth-order valence-electron chi connectivity index (χ4n) is 2.18. The van der Waals surface area contributed by atoms with Crippen LogP contribution < -0.4 is 10.1 Å². The summed E-state index contributed by atoms with van der Waals surface area (Å²) in [6.45, 7) is 3.67. The van der Waals surface area contributed by atoms with E-state index >= 15 is 0 Å². The highest BCUT2D eigenvalue weighted by Crippen LogP contribution is 2.23. The Morgan fingerprint density at radius 1 is 1.23 bits per heavy atom. The third kappa shape index (κ3) is 3.87. The van der Waals surface area contributed by atoms with E-state index in [4.69, 9.17) is 4.74 Å². The average molecular weight is 319 g/mol. The molecule has 0 aliphatic rings. The lowest BCUT2D eigenvalue weighted by Gasteiger charge is -2.22. The van der Waals surface area contributed by atoms with Crippen LogP contribution in [0.4, 0.5) is 0 Å². The monoisotopic (exact) mass is 319 g/mol. The first-order valence-electron chi connectivity index (χ1n) is 7.18. The van der Waals surface area contributed by atoms with Crippen molar-refractivity contribution in [2.45, 2.75) is 31.9 Å². The first-order valence-corrected chi connectivity index (χ1v) is 8.06. The molecule has 118 valence electrons. The molecule has 0 fully saturated rings. The highest BCUT2D eigenvalue weighted by Gasteiger charge is 2.22. The number of hydrogen-bond donors (Lipinski definition) is 2. The van der Waals surface area contributed by atoms with Crippen LogP contribution in [0.5, 0.6) is 5.75 Å². The number of hydrogen-bond acceptors (Lipinski definition) is 4. The van der Waals surface area contributed by atoms with Crippen LogP contribution in [0.25, 0.3) is 0 Å². The number of carbonyl (C=O) groups is 1. The Bertz CT molecular complexity index is 595. The Hall–Kier alpha value is -1.85. The van der Waals surface area contributed by atoms with Crippen LogP contribution in [0, 0.1) is 0 Å². The number of rotatable bonds is 6. The molecule has 3 unspecified atom stereocenters. The van der Waals surface area contributed by atoms with Crippen molar-refractivity contribution < 1.29 is 14.6 Å². The number of carbonyl (C=O) groups excluding carboxylic acids is 1. The molecule has 1 aromatic heterocycles. The first-order chi connectivity index (χ1) is 10.5. The van der Waals surface area contributed by atoms with Crippen molar-refractivity contribution in [3.05, 3.63) is 52.2 Å². The summed E-state index contributed by atoms with van der Waals surface area (Å²) in [4.78, 5) is 13.3. The van der Waals surface area contributed by atoms with Crippen LogP contribution in [-0.4, -0.2) is 24.2 Å². The Morgan fingerprint density at radius 3 is 2.45 bits per heavy atom. The minimum atomic E-state index is -0.759. The van der Waals surface area contributed by atoms with Crippen molar-refractivity contribution in [2.75, 3.05) is 7.11 Å². The van der Waals surface area contributed by atoms with Gasteiger partial charge in [0, 0.05) is 4.88 Å². The van der Waals surface area contributed by atoms with Crippen molar-refractivity contribution in [1.29, 1.82) is 0 Å². The van der Waals surface area contributed by atoms with E-state index < -0.39 is 6.10 Å². The third-order valence-electron chi connectivity index (χ3n) is 3.66. The molecule has 0 aliphatic carbocycles. The molecule has 22 heavy (non-hydrogen) atoms. The van der Waals surface area contributed by atoms with Gasteiger partial charge in [0.25, 0.3) is 0 Å². The summed E-state index contributed by atoms with van der Waals surface area (Å²) in [6, 6.07) is 10.7. The molecule has 0 spiro atoms. The molecule has 4 nitrogen and oxygen atoms in total. The van der Waals surface area contributed by atoms with Gasteiger partial charge < -0.3 is 15.2 Å². The lowest BCUT2D eigenvalue weighted by molar-refractivity contribution is -0.123. The topological polar surface area (TPSA) is 58.6 Å². The highest BCUT2D eigenvalue weighted by molar-refractivity contribution is 7.10. The Morgan fingerprint density at radius 2 is 1.91 bits per heavy atom. The van der Waals surface area contributed by atoms with Gasteiger partial charge in [-0.1, -0.05) is 18.2 Å². The molecular weight excluding hydrogens is 298 g/mol. The second-order valence-electron chi connectivity index (χ2n) is 5.25. The zero-order valence-electron chi connectivity index (χ0n) is 12.9. The number of methoxy groups -OCH3 is 1. The van der Waals surface area contributed by atoms with Gasteiger partial charge in [0.1, 0.15) is 5.75 Å². The van der Waals surface area contributed by atoms with Crippen LogP contribution in [0.3, 0.4) is 0 Å². The Balaban J connectivity index is 1.98. The van der Waals surface area contributed by atoms with Crippen molar-refractivity contribution in [1.82, 2.24) is 5.32 Å². The molecule has 0 radical (unpaired) electrons. The molecule has 1 amide bonds. The van der Waals surface area contributed by atoms with Gasteiger partial charge in [0.05, 0.1) is 25.2 Å². The molecule has 1 heterocycles. The summed E-state index contributed by atoms with van der Waals surface area (Å²) in [5, 5.41) is 15.2. The van der Waals surface area contributed by atoms with Crippen LogP contribution in [0.1, 0.15) is 36.3 Å². The van der Waals surface area contributed by atoms with Crippen LogP contribution in [0.15, 0.2) is 41.8 Å². The lowest BCUT2D eigenvalue weighted by atomic mass is 10.0. The molecule has 1 aromatic carbocycles. The predicted octanol–water partition coefficient (Wildman–Crippen LogP) is 3.10. The largest absolute Gasteiger partial charge is 0.497 e. The summed E-state index contributed by atoms with van der Waals surface area (Å²) in [6.07, 6.45) is -0.759. The molecule has 2 rings (SSSR count). The van der Waals surface area contributed by atoms with E-state index in [0.29, 0.717) is 0 Å². The molecule has 2 N–H and O–H groups in total. The minimum Gasteiger partial charge on any atom is -0.497 e. The summed E-state index contributed by atoms with van der Waals surface area (Å²) in [5.41, 5.74) is 0.748. The number of benzene rings is 1. The fraction of sp³-hybridized carbons (Fsp3) is 0.353. The third-order valence-corrected chi connectivity index (χ3v) is 4.72. The molecular formula is C17H21NO3S. The summed E-state index contributed by atoms with van der Waals surface area (Å²) < 4.78 is 5.10. The van der Waals surface area contributed by atoms with Crippen LogP contribution >= 0.6 is 11.3 Å². The maximum absolute atomic E-state index is 12.3. The SMILES string of the molecule is COc1ccc(C(O)C(C)NC(=O)C(C)c2cccs2)cc1. The second-order valence-corrected chi connectivity index (χ2v) is 6.23. The minimum absolute atomic E-state index is 0.0810. The van der Waals surface area contributed by atoms with Gasteiger partial charge in [-0.05, 0) is 43.0 Å². The van der Waals surface area contributed by atoms with Gasteiger partial charge in [0.15, 0.2) is 0 Å². The maximum Gasteiger partial charge on any atom is 0.228 e. The number of ether oxygens (including phenoxy) is 1.